The van der Waals surface area contributed by atoms with Gasteiger partial charge in [-0.25, -0.2) is 0 Å². The van der Waals surface area contributed by atoms with Crippen LogP contribution in [0.5, 0.6) is 0 Å². The van der Waals surface area contributed by atoms with Crippen LogP contribution in [0, 0.1) is 5.41 Å². The third-order valence-corrected chi connectivity index (χ3v) is 2.48. The van der Waals surface area contributed by atoms with E-state index in [-0.39, 0.29) is 0 Å². The molecule has 5 heteroatoms. The van der Waals surface area contributed by atoms with Gasteiger partial charge in [0, 0.05) is 14.6 Å². The molecule has 0 spiro atoms. The van der Waals surface area contributed by atoms with Crippen molar-refractivity contribution in [2.75, 3.05) is 11.5 Å². The Morgan fingerprint density at radius 3 is 2.82 bits per heavy atom. The maximum absolute atomic E-state index is 9.15. The Labute approximate surface area is 88.0 Å². The summed E-state index contributed by atoms with van der Waals surface area (Å²) in [7, 11) is 1.65. The van der Waals surface area contributed by atoms with E-state index in [1.165, 1.54) is 0 Å². The van der Waals surface area contributed by atoms with Crippen molar-refractivity contribution in [2.24, 2.45) is 0 Å². The minimum atomic E-state index is -0.710. The van der Waals surface area contributed by atoms with E-state index in [0.717, 1.165) is 0 Å². The second-order valence-electron chi connectivity index (χ2n) is 1.88. The van der Waals surface area contributed by atoms with Gasteiger partial charge >= 0.3 is 0 Å². The van der Waals surface area contributed by atoms with Crippen molar-refractivity contribution < 1.29 is 5.11 Å². The predicted octanol–water partition coefficient (Wildman–Crippen LogP) is 1.26. The van der Waals surface area contributed by atoms with Crippen LogP contribution in [0.25, 0.3) is 0 Å². The Morgan fingerprint density at radius 2 is 2.45 bits per heavy atom. The van der Waals surface area contributed by atoms with Crippen LogP contribution in [0.3, 0.4) is 0 Å². The first-order valence-corrected chi connectivity index (χ1v) is 5.29. The second-order valence-corrected chi connectivity index (χ2v) is 3.56. The minimum Gasteiger partial charge on any atom is -0.374 e. The lowest BCUT2D eigenvalue weighted by atomic mass is 10.3. The van der Waals surface area contributed by atoms with Gasteiger partial charge in [0.1, 0.15) is 6.23 Å². The predicted molar refractivity (Wildman–Crippen MR) is 58.7 cm³/mol. The van der Waals surface area contributed by atoms with Gasteiger partial charge in [0.25, 0.3) is 0 Å². The molecule has 0 rings (SSSR count). The van der Waals surface area contributed by atoms with Crippen LogP contribution >= 0.6 is 38.5 Å². The van der Waals surface area contributed by atoms with E-state index in [1.807, 2.05) is 0 Å². The number of rotatable bonds is 4. The van der Waals surface area contributed by atoms with Crippen LogP contribution in [0.4, 0.5) is 0 Å². The number of aliphatic hydroxyl groups is 1. The van der Waals surface area contributed by atoms with Crippen molar-refractivity contribution in [1.82, 2.24) is 5.32 Å². The lowest BCUT2D eigenvalue weighted by molar-refractivity contribution is 0.192. The number of allylic oxidation sites excluding steroid dienone is 1. The SMILES string of the molecule is CN[C@H](O)/C(Br)=C\C(=N)CI. The summed E-state index contributed by atoms with van der Waals surface area (Å²) in [6, 6.07) is 0. The second kappa shape index (κ2) is 6.10. The molecule has 0 aliphatic carbocycles. The van der Waals surface area contributed by atoms with Gasteiger partial charge in [-0.3, -0.25) is 5.32 Å². The molecule has 1 atom stereocenters. The summed E-state index contributed by atoms with van der Waals surface area (Å²) in [4.78, 5) is 0. The number of likely N-dealkylation sites (N-methyl/N-ethyl adjacent to an activating group) is 1. The summed E-state index contributed by atoms with van der Waals surface area (Å²) < 4.78 is 1.23. The maximum Gasteiger partial charge on any atom is 0.137 e. The summed E-state index contributed by atoms with van der Waals surface area (Å²) in [5.41, 5.74) is 0.478. The zero-order valence-corrected chi connectivity index (χ0v) is 9.81. The summed E-state index contributed by atoms with van der Waals surface area (Å²) in [5.74, 6) is 0. The Balaban J connectivity index is 4.09. The van der Waals surface area contributed by atoms with Gasteiger partial charge < -0.3 is 10.5 Å². The van der Waals surface area contributed by atoms with Gasteiger partial charge in [-0.2, -0.15) is 0 Å². The molecule has 3 N–H and O–H groups in total. The molecule has 0 bridgehead atoms. The fourth-order valence-corrected chi connectivity index (χ4v) is 1.15. The first kappa shape index (κ1) is 11.5. The molecule has 0 aliphatic rings. The fraction of sp³-hybridized carbons (Fsp3) is 0.500. The number of halogens is 2. The third-order valence-electron chi connectivity index (χ3n) is 0.991. The van der Waals surface area contributed by atoms with Crippen molar-refractivity contribution in [3.05, 3.63) is 10.6 Å². The highest BCUT2D eigenvalue weighted by Gasteiger charge is 2.03. The minimum absolute atomic E-state index is 0.478. The van der Waals surface area contributed by atoms with E-state index in [4.69, 9.17) is 10.5 Å². The van der Waals surface area contributed by atoms with Crippen molar-refractivity contribution >= 4 is 44.2 Å². The lowest BCUT2D eigenvalue weighted by Crippen LogP contribution is -2.24. The van der Waals surface area contributed by atoms with E-state index in [9.17, 15) is 0 Å². The van der Waals surface area contributed by atoms with Crippen LogP contribution in [-0.4, -0.2) is 28.5 Å². The summed E-state index contributed by atoms with van der Waals surface area (Å²) in [5, 5.41) is 19.1. The smallest absolute Gasteiger partial charge is 0.137 e. The topological polar surface area (TPSA) is 56.1 Å². The summed E-state index contributed by atoms with van der Waals surface area (Å²) >= 11 is 5.24. The molecule has 11 heavy (non-hydrogen) atoms. The van der Waals surface area contributed by atoms with Gasteiger partial charge in [-0.15, -0.1) is 0 Å². The number of aliphatic hydroxyl groups excluding tert-OH is 1. The molecule has 0 radical (unpaired) electrons. The first-order chi connectivity index (χ1) is 5.11. The molecule has 0 aromatic heterocycles. The zero-order chi connectivity index (χ0) is 8.85. The molecule has 3 nitrogen and oxygen atoms in total. The number of hydrogen-bond acceptors (Lipinski definition) is 3. The van der Waals surface area contributed by atoms with Crippen molar-refractivity contribution in [2.45, 2.75) is 6.23 Å². The fourth-order valence-electron chi connectivity index (χ4n) is 0.422. The van der Waals surface area contributed by atoms with Crippen LogP contribution in [0.2, 0.25) is 0 Å². The van der Waals surface area contributed by atoms with Crippen LogP contribution < -0.4 is 5.32 Å². The molecule has 64 valence electrons. The van der Waals surface area contributed by atoms with E-state index < -0.39 is 6.23 Å². The standard InChI is InChI=1S/C6H10BrIN2O/c1-10-6(11)5(7)2-4(9)3-8/h2,6,9-11H,3H2,1H3/b5-2+,9-4?/t6-/m1/s1. The lowest BCUT2D eigenvalue weighted by Gasteiger charge is -2.07. The molecule has 0 unspecified atom stereocenters. The van der Waals surface area contributed by atoms with Gasteiger partial charge in [0.05, 0.1) is 0 Å². The van der Waals surface area contributed by atoms with Gasteiger partial charge in [-0.1, -0.05) is 38.5 Å². The largest absolute Gasteiger partial charge is 0.374 e. The Bertz CT molecular complexity index is 172. The highest BCUT2D eigenvalue weighted by atomic mass is 127. The van der Waals surface area contributed by atoms with Crippen molar-refractivity contribution in [1.29, 1.82) is 5.41 Å². The molecular formula is C6H10BrIN2O. The normalized spacial score (nSPS) is 14.7. The van der Waals surface area contributed by atoms with Crippen LogP contribution in [0.1, 0.15) is 0 Å². The number of hydrogen-bond donors (Lipinski definition) is 3. The summed E-state index contributed by atoms with van der Waals surface area (Å²) in [6.45, 7) is 0. The zero-order valence-electron chi connectivity index (χ0n) is 6.06. The van der Waals surface area contributed by atoms with Crippen LogP contribution in [-0.2, 0) is 0 Å². The van der Waals surface area contributed by atoms with E-state index in [0.29, 0.717) is 14.6 Å². The van der Waals surface area contributed by atoms with Crippen LogP contribution in [0.15, 0.2) is 10.6 Å². The van der Waals surface area contributed by atoms with Gasteiger partial charge in [0.2, 0.25) is 0 Å². The Hall–Kier alpha value is 0.540. The van der Waals surface area contributed by atoms with Crippen molar-refractivity contribution in [3.8, 4) is 0 Å². The average molecular weight is 333 g/mol. The van der Waals surface area contributed by atoms with E-state index >= 15 is 0 Å². The quantitative estimate of drug-likeness (QED) is 0.314. The molecule has 0 fully saturated rings. The molecule has 0 aliphatic heterocycles. The van der Waals surface area contributed by atoms with Gasteiger partial charge in [-0.05, 0) is 13.1 Å². The highest BCUT2D eigenvalue weighted by Crippen LogP contribution is 2.08. The Kier molecular flexibility index (Phi) is 6.40. The number of alkyl halides is 1. The molecule has 0 amide bonds. The molecule has 0 aromatic rings. The van der Waals surface area contributed by atoms with E-state index in [1.54, 1.807) is 13.1 Å². The number of nitrogens with one attached hydrogen (secondary N) is 2. The highest BCUT2D eigenvalue weighted by molar-refractivity contribution is 14.1. The maximum atomic E-state index is 9.15. The summed E-state index contributed by atoms with van der Waals surface area (Å²) in [6.07, 6.45) is 0.881. The van der Waals surface area contributed by atoms with E-state index in [2.05, 4.69) is 43.8 Å². The molecule has 0 aromatic carbocycles. The Morgan fingerprint density at radius 1 is 1.91 bits per heavy atom. The van der Waals surface area contributed by atoms with Crippen molar-refractivity contribution in [3.63, 3.8) is 0 Å². The monoisotopic (exact) mass is 332 g/mol. The average Bonchev–Trinajstić information content (AvgIpc) is 2.02. The molecule has 0 saturated heterocycles. The third kappa shape index (κ3) is 4.89. The molecular weight excluding hydrogens is 323 g/mol. The van der Waals surface area contributed by atoms with Gasteiger partial charge in [0.15, 0.2) is 0 Å². The first-order valence-electron chi connectivity index (χ1n) is 2.97. The molecule has 0 heterocycles. The molecule has 0 saturated carbocycles.